The van der Waals surface area contributed by atoms with Crippen LogP contribution in [0, 0.1) is 5.82 Å². The zero-order valence-electron chi connectivity index (χ0n) is 11.2. The van der Waals surface area contributed by atoms with Gasteiger partial charge in [0.05, 0.1) is 13.5 Å². The van der Waals surface area contributed by atoms with Crippen LogP contribution in [0.3, 0.4) is 0 Å². The van der Waals surface area contributed by atoms with Crippen molar-refractivity contribution in [2.75, 3.05) is 7.11 Å². The lowest BCUT2D eigenvalue weighted by atomic mass is 10.1. The van der Waals surface area contributed by atoms with Crippen LogP contribution < -0.4 is 10.1 Å². The molecule has 2 aromatic carbocycles. The maximum absolute atomic E-state index is 13.0. The van der Waals surface area contributed by atoms with Crippen molar-refractivity contribution < 1.29 is 13.9 Å². The van der Waals surface area contributed by atoms with Crippen molar-refractivity contribution in [1.29, 1.82) is 0 Å². The molecule has 4 heteroatoms. The van der Waals surface area contributed by atoms with Gasteiger partial charge >= 0.3 is 0 Å². The van der Waals surface area contributed by atoms with Crippen molar-refractivity contribution in [1.82, 2.24) is 5.32 Å². The van der Waals surface area contributed by atoms with Crippen LogP contribution in [-0.4, -0.2) is 13.0 Å². The second-order valence-electron chi connectivity index (χ2n) is 4.43. The Morgan fingerprint density at radius 3 is 2.55 bits per heavy atom. The Morgan fingerprint density at radius 2 is 1.90 bits per heavy atom. The van der Waals surface area contributed by atoms with E-state index in [1.54, 1.807) is 19.2 Å². The third-order valence-corrected chi connectivity index (χ3v) is 2.90. The third-order valence-electron chi connectivity index (χ3n) is 2.90. The Balaban J connectivity index is 1.85. The highest BCUT2D eigenvalue weighted by atomic mass is 19.1. The van der Waals surface area contributed by atoms with Gasteiger partial charge in [-0.1, -0.05) is 24.3 Å². The monoisotopic (exact) mass is 273 g/mol. The highest BCUT2D eigenvalue weighted by molar-refractivity contribution is 5.78. The molecular formula is C16H16FNO2. The quantitative estimate of drug-likeness (QED) is 0.909. The van der Waals surface area contributed by atoms with E-state index in [1.165, 1.54) is 12.1 Å². The van der Waals surface area contributed by atoms with Crippen LogP contribution in [0.1, 0.15) is 11.1 Å². The van der Waals surface area contributed by atoms with E-state index in [1.807, 2.05) is 24.3 Å². The summed E-state index contributed by atoms with van der Waals surface area (Å²) in [6.07, 6.45) is 0.175. The van der Waals surface area contributed by atoms with Crippen LogP contribution >= 0.6 is 0 Å². The molecular weight excluding hydrogens is 257 g/mol. The van der Waals surface area contributed by atoms with Gasteiger partial charge in [-0.2, -0.15) is 0 Å². The number of carbonyl (C=O) groups is 1. The van der Waals surface area contributed by atoms with Crippen LogP contribution in [0.5, 0.6) is 5.75 Å². The SMILES string of the molecule is COc1ccc(CNC(=O)Cc2cccc(F)c2)cc1. The van der Waals surface area contributed by atoms with Crippen LogP contribution in [0.4, 0.5) is 4.39 Å². The summed E-state index contributed by atoms with van der Waals surface area (Å²) in [6, 6.07) is 13.5. The minimum atomic E-state index is -0.328. The molecule has 2 rings (SSSR count). The van der Waals surface area contributed by atoms with Crippen molar-refractivity contribution >= 4 is 5.91 Å². The maximum Gasteiger partial charge on any atom is 0.224 e. The van der Waals surface area contributed by atoms with Gasteiger partial charge in [-0.05, 0) is 35.4 Å². The molecule has 0 radical (unpaired) electrons. The molecule has 0 bridgehead atoms. The molecule has 0 aliphatic rings. The lowest BCUT2D eigenvalue weighted by Gasteiger charge is -2.06. The first-order valence-electron chi connectivity index (χ1n) is 6.31. The van der Waals surface area contributed by atoms with Gasteiger partial charge in [0, 0.05) is 6.54 Å². The summed E-state index contributed by atoms with van der Waals surface area (Å²) >= 11 is 0. The minimum Gasteiger partial charge on any atom is -0.497 e. The summed E-state index contributed by atoms with van der Waals surface area (Å²) in [4.78, 5) is 11.8. The molecule has 0 atom stereocenters. The first-order valence-corrected chi connectivity index (χ1v) is 6.31. The number of halogens is 1. The highest BCUT2D eigenvalue weighted by Gasteiger charge is 2.04. The zero-order chi connectivity index (χ0) is 14.4. The predicted octanol–water partition coefficient (Wildman–Crippen LogP) is 2.69. The number of rotatable bonds is 5. The fraction of sp³-hybridized carbons (Fsp3) is 0.188. The van der Waals surface area contributed by atoms with Gasteiger partial charge < -0.3 is 10.1 Å². The summed E-state index contributed by atoms with van der Waals surface area (Å²) in [5.74, 6) is 0.316. The highest BCUT2D eigenvalue weighted by Crippen LogP contribution is 2.11. The van der Waals surface area contributed by atoms with Crippen molar-refractivity contribution in [3.8, 4) is 5.75 Å². The van der Waals surface area contributed by atoms with Crippen LogP contribution in [0.2, 0.25) is 0 Å². The first kappa shape index (κ1) is 14.1. The van der Waals surface area contributed by atoms with Crippen molar-refractivity contribution in [3.63, 3.8) is 0 Å². The van der Waals surface area contributed by atoms with Gasteiger partial charge in [0.1, 0.15) is 11.6 Å². The van der Waals surface area contributed by atoms with Gasteiger partial charge in [0.25, 0.3) is 0 Å². The molecule has 3 nitrogen and oxygen atoms in total. The molecule has 0 saturated carbocycles. The van der Waals surface area contributed by atoms with E-state index in [-0.39, 0.29) is 18.1 Å². The molecule has 1 N–H and O–H groups in total. The van der Waals surface area contributed by atoms with Crippen LogP contribution in [0.25, 0.3) is 0 Å². The fourth-order valence-electron chi connectivity index (χ4n) is 1.84. The number of benzene rings is 2. The van der Waals surface area contributed by atoms with Gasteiger partial charge in [0.15, 0.2) is 0 Å². The van der Waals surface area contributed by atoms with Gasteiger partial charge in [0.2, 0.25) is 5.91 Å². The average molecular weight is 273 g/mol. The van der Waals surface area contributed by atoms with Gasteiger partial charge in [-0.25, -0.2) is 4.39 Å². The summed E-state index contributed by atoms with van der Waals surface area (Å²) in [5.41, 5.74) is 1.65. The van der Waals surface area contributed by atoms with E-state index in [9.17, 15) is 9.18 Å². The van der Waals surface area contributed by atoms with E-state index < -0.39 is 0 Å². The van der Waals surface area contributed by atoms with Crippen LogP contribution in [-0.2, 0) is 17.8 Å². The largest absolute Gasteiger partial charge is 0.497 e. The molecule has 0 spiro atoms. The smallest absolute Gasteiger partial charge is 0.224 e. The Hall–Kier alpha value is -2.36. The number of nitrogens with one attached hydrogen (secondary N) is 1. The standard InChI is InChI=1S/C16H16FNO2/c1-20-15-7-5-12(6-8-15)11-18-16(19)10-13-3-2-4-14(17)9-13/h2-9H,10-11H2,1H3,(H,18,19). The Labute approximate surface area is 117 Å². The van der Waals surface area contributed by atoms with Crippen molar-refractivity contribution in [2.45, 2.75) is 13.0 Å². The first-order chi connectivity index (χ1) is 9.67. The normalized spacial score (nSPS) is 10.1. The summed E-state index contributed by atoms with van der Waals surface area (Å²) in [7, 11) is 1.61. The lowest BCUT2D eigenvalue weighted by Crippen LogP contribution is -2.24. The van der Waals surface area contributed by atoms with Crippen molar-refractivity contribution in [3.05, 3.63) is 65.5 Å². The van der Waals surface area contributed by atoms with E-state index in [2.05, 4.69) is 5.32 Å². The number of methoxy groups -OCH3 is 1. The topological polar surface area (TPSA) is 38.3 Å². The molecule has 20 heavy (non-hydrogen) atoms. The Bertz CT molecular complexity index is 581. The fourth-order valence-corrected chi connectivity index (χ4v) is 1.84. The predicted molar refractivity (Wildman–Crippen MR) is 74.9 cm³/mol. The summed E-state index contributed by atoms with van der Waals surface area (Å²) in [5, 5.41) is 2.80. The van der Waals surface area contributed by atoms with Crippen molar-refractivity contribution in [2.24, 2.45) is 0 Å². The lowest BCUT2D eigenvalue weighted by molar-refractivity contribution is -0.120. The maximum atomic E-state index is 13.0. The molecule has 0 unspecified atom stereocenters. The van der Waals surface area contributed by atoms with E-state index >= 15 is 0 Å². The number of ether oxygens (including phenoxy) is 1. The summed E-state index contributed by atoms with van der Waals surface area (Å²) < 4.78 is 18.1. The van der Waals surface area contributed by atoms with Gasteiger partial charge in [-0.15, -0.1) is 0 Å². The Kier molecular flexibility index (Phi) is 4.71. The van der Waals surface area contributed by atoms with Crippen LogP contribution in [0.15, 0.2) is 48.5 Å². The number of amides is 1. The number of hydrogen-bond acceptors (Lipinski definition) is 2. The average Bonchev–Trinajstić information content (AvgIpc) is 2.46. The number of carbonyl (C=O) groups excluding carboxylic acids is 1. The Morgan fingerprint density at radius 1 is 1.15 bits per heavy atom. The molecule has 0 saturated heterocycles. The molecule has 0 aromatic heterocycles. The molecule has 104 valence electrons. The zero-order valence-corrected chi connectivity index (χ0v) is 11.2. The molecule has 0 heterocycles. The van der Waals surface area contributed by atoms with E-state index in [0.29, 0.717) is 12.1 Å². The van der Waals surface area contributed by atoms with Gasteiger partial charge in [-0.3, -0.25) is 4.79 Å². The minimum absolute atomic E-state index is 0.133. The summed E-state index contributed by atoms with van der Waals surface area (Å²) in [6.45, 7) is 0.443. The van der Waals surface area contributed by atoms with E-state index in [4.69, 9.17) is 4.74 Å². The molecule has 0 fully saturated rings. The second kappa shape index (κ2) is 6.70. The second-order valence-corrected chi connectivity index (χ2v) is 4.43. The third kappa shape index (κ3) is 4.09. The molecule has 2 aromatic rings. The molecule has 1 amide bonds. The number of hydrogen-bond donors (Lipinski definition) is 1. The molecule has 0 aliphatic carbocycles. The molecule has 0 aliphatic heterocycles. The van der Waals surface area contributed by atoms with E-state index in [0.717, 1.165) is 11.3 Å².